The maximum Gasteiger partial charge on any atom is 0.120 e. The molecule has 0 bridgehead atoms. The molecule has 0 amide bonds. The van der Waals surface area contributed by atoms with Crippen LogP contribution < -0.4 is 4.74 Å². The largest absolute Gasteiger partial charge is 0.492 e. The van der Waals surface area contributed by atoms with E-state index in [0.717, 1.165) is 18.8 Å². The third kappa shape index (κ3) is 5.37. The van der Waals surface area contributed by atoms with Crippen LogP contribution in [0.15, 0.2) is 24.3 Å². The summed E-state index contributed by atoms with van der Waals surface area (Å²) in [4.78, 5) is 2.26. The van der Waals surface area contributed by atoms with Crippen LogP contribution in [0.25, 0.3) is 0 Å². The Kier molecular flexibility index (Phi) is 6.13. The summed E-state index contributed by atoms with van der Waals surface area (Å²) < 4.78 is 5.61. The predicted octanol–water partition coefficient (Wildman–Crippen LogP) is 2.67. The number of rotatable bonds is 7. The van der Waals surface area contributed by atoms with Gasteiger partial charge in [-0.05, 0) is 38.2 Å². The first-order valence-electron chi connectivity index (χ1n) is 6.07. The van der Waals surface area contributed by atoms with E-state index in [-0.39, 0.29) is 0 Å². The molecule has 1 aromatic rings. The second kappa shape index (κ2) is 7.70. The van der Waals surface area contributed by atoms with Gasteiger partial charge in [0, 0.05) is 6.54 Å². The van der Waals surface area contributed by atoms with Gasteiger partial charge in [0.2, 0.25) is 0 Å². The molecule has 0 unspecified atom stereocenters. The van der Waals surface area contributed by atoms with Crippen LogP contribution >= 0.6 is 0 Å². The normalized spacial score (nSPS) is 10.2. The van der Waals surface area contributed by atoms with E-state index in [4.69, 9.17) is 10.00 Å². The average Bonchev–Trinajstić information content (AvgIpc) is 2.36. The summed E-state index contributed by atoms with van der Waals surface area (Å²) in [5, 5.41) is 8.76. The van der Waals surface area contributed by atoms with Crippen LogP contribution in [0.1, 0.15) is 25.3 Å². The monoisotopic (exact) mass is 232 g/mol. The van der Waals surface area contributed by atoms with Crippen LogP contribution in [0, 0.1) is 11.3 Å². The van der Waals surface area contributed by atoms with Gasteiger partial charge in [0.05, 0.1) is 11.6 Å². The highest BCUT2D eigenvalue weighted by Crippen LogP contribution is 2.12. The molecule has 0 radical (unpaired) electrons. The molecule has 0 saturated carbocycles. The smallest absolute Gasteiger partial charge is 0.120 e. The molecule has 0 aromatic heterocycles. The molecule has 92 valence electrons. The number of ether oxygens (including phenoxy) is 1. The molecule has 0 atom stereocenters. The van der Waals surface area contributed by atoms with Crippen molar-refractivity contribution in [3.8, 4) is 11.8 Å². The van der Waals surface area contributed by atoms with Crippen molar-refractivity contribution in [1.82, 2.24) is 4.90 Å². The zero-order valence-corrected chi connectivity index (χ0v) is 10.6. The van der Waals surface area contributed by atoms with Gasteiger partial charge in [-0.15, -0.1) is 0 Å². The fraction of sp³-hybridized carbons (Fsp3) is 0.500. The Bertz CT molecular complexity index is 371. The average molecular weight is 232 g/mol. The molecule has 3 nitrogen and oxygen atoms in total. The molecule has 1 aromatic carbocycles. The van der Waals surface area contributed by atoms with Crippen LogP contribution in [0.5, 0.6) is 5.75 Å². The topological polar surface area (TPSA) is 36.3 Å². The summed E-state index contributed by atoms with van der Waals surface area (Å²) >= 11 is 0. The van der Waals surface area contributed by atoms with Crippen molar-refractivity contribution in [3.63, 3.8) is 0 Å². The minimum atomic E-state index is 0.641. The van der Waals surface area contributed by atoms with Crippen LogP contribution in [0.3, 0.4) is 0 Å². The molecular formula is C14H20N2O. The second-order valence-corrected chi connectivity index (χ2v) is 4.14. The molecule has 0 aliphatic heterocycles. The van der Waals surface area contributed by atoms with E-state index in [1.807, 2.05) is 12.1 Å². The maximum atomic E-state index is 8.76. The molecule has 0 aliphatic rings. The highest BCUT2D eigenvalue weighted by atomic mass is 16.5. The van der Waals surface area contributed by atoms with Crippen LogP contribution in [-0.4, -0.2) is 31.6 Å². The van der Waals surface area contributed by atoms with Gasteiger partial charge < -0.3 is 9.64 Å². The zero-order valence-electron chi connectivity index (χ0n) is 10.6. The highest BCUT2D eigenvalue weighted by Gasteiger charge is 1.99. The molecule has 0 heterocycles. The Morgan fingerprint density at radius 3 is 2.88 bits per heavy atom. The number of benzene rings is 1. The number of unbranched alkanes of at least 4 members (excludes halogenated alkanes) is 1. The predicted molar refractivity (Wildman–Crippen MR) is 69.1 cm³/mol. The SMILES string of the molecule is CCCCN(C)CCOc1cccc(C#N)c1. The van der Waals surface area contributed by atoms with E-state index in [1.165, 1.54) is 12.8 Å². The Balaban J connectivity index is 2.28. The molecule has 1 rings (SSSR count). The van der Waals surface area contributed by atoms with Gasteiger partial charge in [-0.3, -0.25) is 0 Å². The molecule has 0 saturated heterocycles. The lowest BCUT2D eigenvalue weighted by molar-refractivity contribution is 0.235. The molecule has 0 aliphatic carbocycles. The minimum Gasteiger partial charge on any atom is -0.492 e. The number of nitrogens with zero attached hydrogens (tertiary/aromatic N) is 2. The quantitative estimate of drug-likeness (QED) is 0.725. The van der Waals surface area contributed by atoms with Gasteiger partial charge in [0.1, 0.15) is 12.4 Å². The Hall–Kier alpha value is -1.53. The van der Waals surface area contributed by atoms with Crippen molar-refractivity contribution in [3.05, 3.63) is 29.8 Å². The van der Waals surface area contributed by atoms with Crippen molar-refractivity contribution in [2.75, 3.05) is 26.7 Å². The van der Waals surface area contributed by atoms with Crippen molar-refractivity contribution in [1.29, 1.82) is 5.26 Å². The summed E-state index contributed by atoms with van der Waals surface area (Å²) in [6, 6.07) is 9.38. The molecule has 3 heteroatoms. The van der Waals surface area contributed by atoms with E-state index >= 15 is 0 Å². The summed E-state index contributed by atoms with van der Waals surface area (Å²) in [5.74, 6) is 0.771. The van der Waals surface area contributed by atoms with Crippen molar-refractivity contribution < 1.29 is 4.74 Å². The van der Waals surface area contributed by atoms with Gasteiger partial charge in [-0.1, -0.05) is 19.4 Å². The number of hydrogen-bond donors (Lipinski definition) is 0. The lowest BCUT2D eigenvalue weighted by atomic mass is 10.2. The lowest BCUT2D eigenvalue weighted by Gasteiger charge is -2.16. The van der Waals surface area contributed by atoms with Gasteiger partial charge in [0.15, 0.2) is 0 Å². The first-order valence-corrected chi connectivity index (χ1v) is 6.07. The summed E-state index contributed by atoms with van der Waals surface area (Å²) in [6.45, 7) is 4.88. The second-order valence-electron chi connectivity index (χ2n) is 4.14. The Morgan fingerprint density at radius 2 is 2.18 bits per heavy atom. The maximum absolute atomic E-state index is 8.76. The van der Waals surface area contributed by atoms with Crippen molar-refractivity contribution in [2.45, 2.75) is 19.8 Å². The van der Waals surface area contributed by atoms with E-state index in [1.54, 1.807) is 12.1 Å². The third-order valence-electron chi connectivity index (χ3n) is 2.60. The Labute approximate surface area is 104 Å². The van der Waals surface area contributed by atoms with Crippen molar-refractivity contribution >= 4 is 0 Å². The van der Waals surface area contributed by atoms with Gasteiger partial charge in [-0.2, -0.15) is 5.26 Å². The first-order chi connectivity index (χ1) is 8.26. The summed E-state index contributed by atoms with van der Waals surface area (Å²) in [7, 11) is 2.10. The van der Waals surface area contributed by atoms with E-state index in [9.17, 15) is 0 Å². The van der Waals surface area contributed by atoms with E-state index in [0.29, 0.717) is 12.2 Å². The van der Waals surface area contributed by atoms with Crippen molar-refractivity contribution in [2.24, 2.45) is 0 Å². The van der Waals surface area contributed by atoms with Gasteiger partial charge >= 0.3 is 0 Å². The van der Waals surface area contributed by atoms with Gasteiger partial charge in [0.25, 0.3) is 0 Å². The van der Waals surface area contributed by atoms with E-state index < -0.39 is 0 Å². The number of likely N-dealkylation sites (N-methyl/N-ethyl adjacent to an activating group) is 1. The fourth-order valence-corrected chi connectivity index (χ4v) is 1.51. The molecule has 0 N–H and O–H groups in total. The summed E-state index contributed by atoms with van der Waals surface area (Å²) in [5.41, 5.74) is 0.641. The Morgan fingerprint density at radius 1 is 1.35 bits per heavy atom. The molecule has 0 spiro atoms. The first kappa shape index (κ1) is 13.5. The van der Waals surface area contributed by atoms with E-state index in [2.05, 4.69) is 24.9 Å². The van der Waals surface area contributed by atoms with Crippen LogP contribution in [0.4, 0.5) is 0 Å². The standard InChI is InChI=1S/C14H20N2O/c1-3-4-8-16(2)9-10-17-14-7-5-6-13(11-14)12-15/h5-7,11H,3-4,8-10H2,1-2H3. The van der Waals surface area contributed by atoms with Crippen LogP contribution in [-0.2, 0) is 0 Å². The number of hydrogen-bond acceptors (Lipinski definition) is 3. The third-order valence-corrected chi connectivity index (χ3v) is 2.60. The van der Waals surface area contributed by atoms with Gasteiger partial charge in [-0.25, -0.2) is 0 Å². The zero-order chi connectivity index (χ0) is 12.5. The minimum absolute atomic E-state index is 0.641. The van der Waals surface area contributed by atoms with Crippen LogP contribution in [0.2, 0.25) is 0 Å². The molecule has 0 fully saturated rings. The molecular weight excluding hydrogens is 212 g/mol. The highest BCUT2D eigenvalue weighted by molar-refractivity contribution is 5.36. The lowest BCUT2D eigenvalue weighted by Crippen LogP contribution is -2.25. The fourth-order valence-electron chi connectivity index (χ4n) is 1.51. The summed E-state index contributed by atoms with van der Waals surface area (Å²) in [6.07, 6.45) is 2.44. The number of nitriles is 1. The molecule has 17 heavy (non-hydrogen) atoms.